The Kier molecular flexibility index (Phi) is 5.88. The summed E-state index contributed by atoms with van der Waals surface area (Å²) in [6, 6.07) is 9.42. The van der Waals surface area contributed by atoms with E-state index in [-0.39, 0.29) is 11.5 Å². The van der Waals surface area contributed by atoms with E-state index >= 15 is 0 Å². The maximum atomic E-state index is 12.3. The fourth-order valence-corrected chi connectivity index (χ4v) is 3.07. The van der Waals surface area contributed by atoms with Crippen LogP contribution in [0.4, 0.5) is 0 Å². The summed E-state index contributed by atoms with van der Waals surface area (Å²) >= 11 is 7.45. The van der Waals surface area contributed by atoms with E-state index in [9.17, 15) is 9.59 Å². The molecule has 9 heteroatoms. The molecule has 0 aliphatic carbocycles. The molecule has 0 aliphatic heterocycles. The molecular formula is C18H16ClN3O4S. The van der Waals surface area contributed by atoms with E-state index in [4.69, 9.17) is 20.8 Å². The van der Waals surface area contributed by atoms with Crippen LogP contribution in [0.3, 0.4) is 0 Å². The Morgan fingerprint density at radius 2 is 1.96 bits per heavy atom. The molecule has 3 aromatic rings. The van der Waals surface area contributed by atoms with E-state index in [1.807, 2.05) is 17.5 Å². The molecule has 3 rings (SSSR count). The molecule has 0 radical (unpaired) electrons. The van der Waals surface area contributed by atoms with Crippen LogP contribution in [0, 0.1) is 0 Å². The maximum Gasteiger partial charge on any atom is 0.329 e. The Labute approximate surface area is 164 Å². The Bertz CT molecular complexity index is 942. The predicted molar refractivity (Wildman–Crippen MR) is 100 cm³/mol. The van der Waals surface area contributed by atoms with Crippen molar-refractivity contribution in [2.45, 2.75) is 26.0 Å². The van der Waals surface area contributed by atoms with Crippen molar-refractivity contribution in [2.75, 3.05) is 0 Å². The molecule has 0 spiro atoms. The van der Waals surface area contributed by atoms with Crippen molar-refractivity contribution in [1.82, 2.24) is 15.5 Å². The largest absolute Gasteiger partial charge is 0.451 e. The van der Waals surface area contributed by atoms with Crippen LogP contribution >= 0.6 is 22.9 Å². The number of esters is 1. The van der Waals surface area contributed by atoms with Gasteiger partial charge in [0.05, 0.1) is 15.5 Å². The zero-order valence-corrected chi connectivity index (χ0v) is 16.1. The van der Waals surface area contributed by atoms with Crippen molar-refractivity contribution < 1.29 is 18.7 Å². The molecule has 1 amide bonds. The molecule has 0 saturated heterocycles. The number of benzene rings is 1. The first-order valence-corrected chi connectivity index (χ1v) is 9.34. The lowest BCUT2D eigenvalue weighted by Crippen LogP contribution is -2.40. The minimum Gasteiger partial charge on any atom is -0.451 e. The summed E-state index contributed by atoms with van der Waals surface area (Å²) in [5.74, 6) is -0.548. The number of carbonyl (C=O) groups is 2. The number of halogens is 1. The predicted octanol–water partition coefficient (Wildman–Crippen LogP) is 3.87. The molecule has 2 heterocycles. The van der Waals surface area contributed by atoms with Gasteiger partial charge >= 0.3 is 5.97 Å². The number of ether oxygens (including phenoxy) is 1. The zero-order valence-electron chi connectivity index (χ0n) is 14.5. The lowest BCUT2D eigenvalue weighted by atomic mass is 10.2. The number of rotatable bonds is 6. The molecule has 2 aromatic heterocycles. The molecular weight excluding hydrogens is 390 g/mol. The highest BCUT2D eigenvalue weighted by Crippen LogP contribution is 2.26. The van der Waals surface area contributed by atoms with Crippen molar-refractivity contribution in [3.63, 3.8) is 0 Å². The fourth-order valence-electron chi connectivity index (χ4n) is 2.20. The zero-order chi connectivity index (χ0) is 19.4. The number of hydrogen-bond acceptors (Lipinski definition) is 7. The summed E-state index contributed by atoms with van der Waals surface area (Å²) in [7, 11) is 0. The SMILES string of the molecule is C[C@H](NC(=O)c1ccccc1Cl)C(=O)O[C@H](C)c1nnc(-c2cccs2)o1. The molecule has 1 aromatic carbocycles. The van der Waals surface area contributed by atoms with Gasteiger partial charge in [-0.15, -0.1) is 21.5 Å². The van der Waals surface area contributed by atoms with Gasteiger partial charge in [-0.1, -0.05) is 29.8 Å². The van der Waals surface area contributed by atoms with Gasteiger partial charge < -0.3 is 14.5 Å². The summed E-state index contributed by atoms with van der Waals surface area (Å²) < 4.78 is 10.9. The Morgan fingerprint density at radius 3 is 2.67 bits per heavy atom. The first kappa shape index (κ1) is 19.1. The van der Waals surface area contributed by atoms with Crippen LogP contribution in [-0.4, -0.2) is 28.1 Å². The number of carbonyl (C=O) groups excluding carboxylic acids is 2. The summed E-state index contributed by atoms with van der Waals surface area (Å²) in [5.41, 5.74) is 0.282. The van der Waals surface area contributed by atoms with E-state index in [0.29, 0.717) is 10.9 Å². The smallest absolute Gasteiger partial charge is 0.329 e. The number of nitrogens with one attached hydrogen (secondary N) is 1. The lowest BCUT2D eigenvalue weighted by molar-refractivity contribution is -0.151. The number of amides is 1. The van der Waals surface area contributed by atoms with Crippen LogP contribution in [0.1, 0.15) is 36.2 Å². The molecule has 0 saturated carbocycles. The van der Waals surface area contributed by atoms with Gasteiger partial charge in [-0.05, 0) is 37.4 Å². The third-order valence-electron chi connectivity index (χ3n) is 3.63. The molecule has 0 fully saturated rings. The van der Waals surface area contributed by atoms with Crippen molar-refractivity contribution in [1.29, 1.82) is 0 Å². The van der Waals surface area contributed by atoms with Crippen molar-refractivity contribution in [3.8, 4) is 10.8 Å². The Morgan fingerprint density at radius 1 is 1.19 bits per heavy atom. The fraction of sp³-hybridized carbons (Fsp3) is 0.222. The van der Waals surface area contributed by atoms with Crippen molar-refractivity contribution in [3.05, 3.63) is 58.3 Å². The highest BCUT2D eigenvalue weighted by molar-refractivity contribution is 7.13. The average Bonchev–Trinajstić information content (AvgIpc) is 3.33. The summed E-state index contributed by atoms with van der Waals surface area (Å²) in [4.78, 5) is 25.3. The molecule has 2 atom stereocenters. The molecule has 1 N–H and O–H groups in total. The summed E-state index contributed by atoms with van der Waals surface area (Å²) in [5, 5.41) is 12.6. The first-order chi connectivity index (χ1) is 13.0. The van der Waals surface area contributed by atoms with Crippen LogP contribution in [0.25, 0.3) is 10.8 Å². The lowest BCUT2D eigenvalue weighted by Gasteiger charge is -2.16. The van der Waals surface area contributed by atoms with Crippen LogP contribution in [0.15, 0.2) is 46.2 Å². The summed E-state index contributed by atoms with van der Waals surface area (Å²) in [6.07, 6.45) is -0.752. The van der Waals surface area contributed by atoms with Gasteiger partial charge in [-0.2, -0.15) is 0 Å². The molecule has 0 unspecified atom stereocenters. The molecule has 140 valence electrons. The highest BCUT2D eigenvalue weighted by Gasteiger charge is 2.24. The number of nitrogens with zero attached hydrogens (tertiary/aromatic N) is 2. The van der Waals surface area contributed by atoms with Crippen LogP contribution in [0.5, 0.6) is 0 Å². The number of thiophene rings is 1. The second-order valence-corrected chi connectivity index (χ2v) is 7.03. The van der Waals surface area contributed by atoms with E-state index < -0.39 is 24.0 Å². The normalized spacial score (nSPS) is 13.0. The first-order valence-electron chi connectivity index (χ1n) is 8.09. The molecule has 27 heavy (non-hydrogen) atoms. The van der Waals surface area contributed by atoms with E-state index in [2.05, 4.69) is 15.5 Å². The second kappa shape index (κ2) is 8.32. The van der Waals surface area contributed by atoms with Crippen molar-refractivity contribution in [2.24, 2.45) is 0 Å². The number of aromatic nitrogens is 2. The van der Waals surface area contributed by atoms with E-state index in [0.717, 1.165) is 4.88 Å². The monoisotopic (exact) mass is 405 g/mol. The molecule has 0 aliphatic rings. The van der Waals surface area contributed by atoms with Gasteiger partial charge in [-0.3, -0.25) is 4.79 Å². The van der Waals surface area contributed by atoms with Crippen LogP contribution in [-0.2, 0) is 9.53 Å². The van der Waals surface area contributed by atoms with Gasteiger partial charge in [0.15, 0.2) is 6.10 Å². The second-order valence-electron chi connectivity index (χ2n) is 5.68. The Hall–Kier alpha value is -2.71. The van der Waals surface area contributed by atoms with Crippen LogP contribution < -0.4 is 5.32 Å². The minimum atomic E-state index is -0.879. The number of hydrogen-bond donors (Lipinski definition) is 1. The maximum absolute atomic E-state index is 12.3. The third kappa shape index (κ3) is 4.53. The highest BCUT2D eigenvalue weighted by atomic mass is 35.5. The quantitative estimate of drug-likeness (QED) is 0.625. The van der Waals surface area contributed by atoms with E-state index in [1.54, 1.807) is 31.2 Å². The van der Waals surface area contributed by atoms with Crippen LogP contribution in [0.2, 0.25) is 5.02 Å². The van der Waals surface area contributed by atoms with Gasteiger partial charge in [0, 0.05) is 0 Å². The van der Waals surface area contributed by atoms with Gasteiger partial charge in [-0.25, -0.2) is 4.79 Å². The average molecular weight is 406 g/mol. The standard InChI is InChI=1S/C18H16ClN3O4S/c1-10(20-15(23)12-6-3-4-7-13(12)19)18(24)25-11(2)16-21-22-17(26-16)14-8-5-9-27-14/h3-11H,1-2H3,(H,20,23)/t10-,11+/m0/s1. The van der Waals surface area contributed by atoms with Gasteiger partial charge in [0.2, 0.25) is 0 Å². The van der Waals surface area contributed by atoms with Gasteiger partial charge in [0.25, 0.3) is 17.7 Å². The molecule has 0 bridgehead atoms. The topological polar surface area (TPSA) is 94.3 Å². The van der Waals surface area contributed by atoms with Crippen molar-refractivity contribution >= 4 is 34.8 Å². The Balaban J connectivity index is 1.59. The molecule has 7 nitrogen and oxygen atoms in total. The van der Waals surface area contributed by atoms with E-state index in [1.165, 1.54) is 18.3 Å². The third-order valence-corrected chi connectivity index (χ3v) is 4.82. The van der Waals surface area contributed by atoms with Gasteiger partial charge in [0.1, 0.15) is 6.04 Å². The summed E-state index contributed by atoms with van der Waals surface area (Å²) in [6.45, 7) is 3.14. The minimum absolute atomic E-state index is 0.177.